The van der Waals surface area contributed by atoms with Crippen LogP contribution in [0.4, 0.5) is 5.95 Å². The monoisotopic (exact) mass is 422 g/mol. The number of imidazole rings is 1. The minimum absolute atomic E-state index is 0.121. The Balaban J connectivity index is 1.81. The summed E-state index contributed by atoms with van der Waals surface area (Å²) in [6, 6.07) is 9.62. The van der Waals surface area contributed by atoms with Crippen LogP contribution in [-0.2, 0) is 29.7 Å². The molecule has 10 nitrogen and oxygen atoms in total. The summed E-state index contributed by atoms with van der Waals surface area (Å²) in [5.74, 6) is -0.176. The van der Waals surface area contributed by atoms with Crippen LogP contribution < -0.4 is 16.3 Å². The molecule has 0 aliphatic carbocycles. The molecular weight excluding hydrogens is 400 g/mol. The number of methoxy groups -OCH3 is 1. The molecule has 2 aromatic heterocycles. The zero-order valence-corrected chi connectivity index (χ0v) is 17.5. The molecule has 10 heteroatoms. The van der Waals surface area contributed by atoms with Gasteiger partial charge >= 0.3 is 11.7 Å². The molecule has 0 fully saturated rings. The first-order valence-corrected chi connectivity index (χ1v) is 9.70. The molecule has 1 aliphatic heterocycles. The van der Waals surface area contributed by atoms with Crippen LogP contribution in [0.1, 0.15) is 12.5 Å². The Kier molecular flexibility index (Phi) is 5.28. The van der Waals surface area contributed by atoms with E-state index in [1.54, 1.807) is 24.6 Å². The molecule has 160 valence electrons. The standard InChI is InChI=1S/C21H22N6O4/c1-14-12-26-17-18(22-20(26)27(23-14)13-16(28)31-3)24(2)21(30)25(19(17)29)11-7-10-15-8-5-4-6-9-15/h4-10H,11-13H2,1-3H3/b10-7-. The van der Waals surface area contributed by atoms with Gasteiger partial charge in [-0.2, -0.15) is 10.1 Å². The SMILES string of the molecule is COC(=O)CN1N=C(C)Cn2c1nc1c2c(=O)n(C/C=C\c2ccccc2)c(=O)n1C. The summed E-state index contributed by atoms with van der Waals surface area (Å²) >= 11 is 0. The third-order valence-corrected chi connectivity index (χ3v) is 5.03. The van der Waals surface area contributed by atoms with E-state index in [-0.39, 0.29) is 24.3 Å². The van der Waals surface area contributed by atoms with Gasteiger partial charge in [0.25, 0.3) is 5.56 Å². The van der Waals surface area contributed by atoms with Crippen LogP contribution in [0.2, 0.25) is 0 Å². The number of hydrazone groups is 1. The first-order chi connectivity index (χ1) is 14.9. The highest BCUT2D eigenvalue weighted by Crippen LogP contribution is 2.23. The average Bonchev–Trinajstić information content (AvgIpc) is 3.15. The van der Waals surface area contributed by atoms with E-state index in [0.717, 1.165) is 5.56 Å². The van der Waals surface area contributed by atoms with Crippen LogP contribution >= 0.6 is 0 Å². The Morgan fingerprint density at radius 3 is 2.68 bits per heavy atom. The van der Waals surface area contributed by atoms with Gasteiger partial charge < -0.3 is 4.74 Å². The third kappa shape index (κ3) is 3.67. The van der Waals surface area contributed by atoms with E-state index in [1.165, 1.54) is 21.3 Å². The Labute approximate surface area is 177 Å². The second kappa shape index (κ2) is 8.05. The number of hydrogen-bond donors (Lipinski definition) is 0. The molecule has 0 bridgehead atoms. The molecule has 4 rings (SSSR count). The number of hydrogen-bond acceptors (Lipinski definition) is 7. The maximum Gasteiger partial charge on any atom is 0.332 e. The van der Waals surface area contributed by atoms with Crippen LogP contribution in [0.25, 0.3) is 17.2 Å². The minimum Gasteiger partial charge on any atom is -0.468 e. The fourth-order valence-electron chi connectivity index (χ4n) is 3.53. The molecule has 0 amide bonds. The summed E-state index contributed by atoms with van der Waals surface area (Å²) in [6.45, 7) is 2.09. The van der Waals surface area contributed by atoms with Crippen molar-refractivity contribution < 1.29 is 9.53 Å². The molecule has 3 heterocycles. The number of carbonyl (C=O) groups excluding carboxylic acids is 1. The molecule has 31 heavy (non-hydrogen) atoms. The summed E-state index contributed by atoms with van der Waals surface area (Å²) in [5.41, 5.74) is 1.28. The predicted octanol–water partition coefficient (Wildman–Crippen LogP) is 0.979. The van der Waals surface area contributed by atoms with E-state index in [0.29, 0.717) is 18.2 Å². The van der Waals surface area contributed by atoms with Gasteiger partial charge in [-0.05, 0) is 12.5 Å². The summed E-state index contributed by atoms with van der Waals surface area (Å²) in [6.07, 6.45) is 3.63. The Morgan fingerprint density at radius 1 is 1.23 bits per heavy atom. The summed E-state index contributed by atoms with van der Waals surface area (Å²) in [4.78, 5) is 42.4. The number of esters is 1. The lowest BCUT2D eigenvalue weighted by molar-refractivity contribution is -0.139. The molecule has 0 radical (unpaired) electrons. The summed E-state index contributed by atoms with van der Waals surface area (Å²) in [7, 11) is 2.86. The molecule has 1 aliphatic rings. The van der Waals surface area contributed by atoms with Crippen LogP contribution in [0, 0.1) is 0 Å². The quantitative estimate of drug-likeness (QED) is 0.568. The molecule has 0 atom stereocenters. The highest BCUT2D eigenvalue weighted by molar-refractivity contribution is 5.89. The van der Waals surface area contributed by atoms with Crippen molar-refractivity contribution in [2.24, 2.45) is 12.1 Å². The number of anilines is 1. The van der Waals surface area contributed by atoms with Crippen molar-refractivity contribution in [3.8, 4) is 0 Å². The Bertz CT molecular complexity index is 1330. The van der Waals surface area contributed by atoms with Crippen LogP contribution in [0.5, 0.6) is 0 Å². The van der Waals surface area contributed by atoms with E-state index >= 15 is 0 Å². The molecule has 0 spiro atoms. The molecule has 0 saturated carbocycles. The average molecular weight is 422 g/mol. The van der Waals surface area contributed by atoms with E-state index in [1.807, 2.05) is 36.4 Å². The number of aromatic nitrogens is 4. The van der Waals surface area contributed by atoms with E-state index in [9.17, 15) is 14.4 Å². The van der Waals surface area contributed by atoms with Gasteiger partial charge in [0, 0.05) is 13.6 Å². The zero-order valence-electron chi connectivity index (χ0n) is 17.5. The molecule has 0 N–H and O–H groups in total. The second-order valence-corrected chi connectivity index (χ2v) is 7.21. The van der Waals surface area contributed by atoms with Gasteiger partial charge in [-0.3, -0.25) is 23.3 Å². The number of allylic oxidation sites excluding steroid dienone is 1. The topological polar surface area (TPSA) is 104 Å². The van der Waals surface area contributed by atoms with Gasteiger partial charge in [0.2, 0.25) is 5.95 Å². The summed E-state index contributed by atoms with van der Waals surface area (Å²) in [5, 5.41) is 5.74. The fourth-order valence-corrected chi connectivity index (χ4v) is 3.53. The Morgan fingerprint density at radius 2 is 1.97 bits per heavy atom. The van der Waals surface area contributed by atoms with Gasteiger partial charge in [0.05, 0.1) is 19.4 Å². The second-order valence-electron chi connectivity index (χ2n) is 7.21. The maximum absolute atomic E-state index is 13.3. The number of aryl methyl sites for hydroxylation is 1. The number of carbonyl (C=O) groups is 1. The normalized spacial score (nSPS) is 13.5. The molecule has 0 saturated heterocycles. The van der Waals surface area contributed by atoms with E-state index < -0.39 is 17.2 Å². The smallest absolute Gasteiger partial charge is 0.332 e. The molecule has 0 unspecified atom stereocenters. The van der Waals surface area contributed by atoms with Crippen molar-refractivity contribution in [2.45, 2.75) is 20.0 Å². The Hall–Kier alpha value is -3.95. The number of ether oxygens (including phenoxy) is 1. The van der Waals surface area contributed by atoms with Crippen molar-refractivity contribution >= 4 is 34.9 Å². The van der Waals surface area contributed by atoms with Gasteiger partial charge in [-0.1, -0.05) is 42.5 Å². The van der Waals surface area contributed by atoms with Gasteiger partial charge in [0.1, 0.15) is 6.54 Å². The van der Waals surface area contributed by atoms with Crippen LogP contribution in [0.3, 0.4) is 0 Å². The summed E-state index contributed by atoms with van der Waals surface area (Å²) < 4.78 is 8.92. The number of fused-ring (bicyclic) bond motifs is 3. The van der Waals surface area contributed by atoms with Gasteiger partial charge in [-0.15, -0.1) is 0 Å². The van der Waals surface area contributed by atoms with Crippen molar-refractivity contribution in [3.63, 3.8) is 0 Å². The molecular formula is C21H22N6O4. The first kappa shape index (κ1) is 20.3. The molecule has 1 aromatic carbocycles. The van der Waals surface area contributed by atoms with Crippen LogP contribution in [-0.4, -0.2) is 44.0 Å². The molecule has 3 aromatic rings. The van der Waals surface area contributed by atoms with Crippen molar-refractivity contribution in [3.05, 3.63) is 62.8 Å². The minimum atomic E-state index is -0.491. The number of benzene rings is 1. The van der Waals surface area contributed by atoms with Crippen LogP contribution in [0.15, 0.2) is 51.1 Å². The zero-order chi connectivity index (χ0) is 22.1. The lowest BCUT2D eigenvalue weighted by Crippen LogP contribution is -2.40. The first-order valence-electron chi connectivity index (χ1n) is 9.70. The van der Waals surface area contributed by atoms with Crippen molar-refractivity contribution in [1.82, 2.24) is 18.7 Å². The van der Waals surface area contributed by atoms with Crippen molar-refractivity contribution in [2.75, 3.05) is 18.7 Å². The maximum atomic E-state index is 13.3. The van der Waals surface area contributed by atoms with E-state index in [2.05, 4.69) is 10.1 Å². The van der Waals surface area contributed by atoms with Gasteiger partial charge in [-0.25, -0.2) is 9.80 Å². The van der Waals surface area contributed by atoms with Crippen molar-refractivity contribution in [1.29, 1.82) is 0 Å². The largest absolute Gasteiger partial charge is 0.468 e. The highest BCUT2D eigenvalue weighted by atomic mass is 16.5. The van der Waals surface area contributed by atoms with Gasteiger partial charge in [0.15, 0.2) is 11.2 Å². The highest BCUT2D eigenvalue weighted by Gasteiger charge is 2.27. The van der Waals surface area contributed by atoms with E-state index in [4.69, 9.17) is 4.74 Å². The number of rotatable bonds is 5. The number of nitrogens with zero attached hydrogens (tertiary/aromatic N) is 6. The predicted molar refractivity (Wildman–Crippen MR) is 117 cm³/mol. The lowest BCUT2D eigenvalue weighted by atomic mass is 10.2. The lowest BCUT2D eigenvalue weighted by Gasteiger charge is -2.23. The fraction of sp³-hybridized carbons (Fsp3) is 0.286. The third-order valence-electron chi connectivity index (χ3n) is 5.03.